The van der Waals surface area contributed by atoms with Crippen molar-refractivity contribution in [2.75, 3.05) is 6.61 Å². The Morgan fingerprint density at radius 3 is 2.71 bits per heavy atom. The van der Waals surface area contributed by atoms with Gasteiger partial charge >= 0.3 is 0 Å². The van der Waals surface area contributed by atoms with Crippen LogP contribution in [-0.2, 0) is 0 Å². The van der Waals surface area contributed by atoms with Crippen molar-refractivity contribution < 1.29 is 14.6 Å². The Bertz CT molecular complexity index is 299. The van der Waals surface area contributed by atoms with E-state index < -0.39 is 6.10 Å². The van der Waals surface area contributed by atoms with E-state index in [1.54, 1.807) is 19.1 Å². The molecule has 0 bridgehead atoms. The lowest BCUT2D eigenvalue weighted by molar-refractivity contribution is 0.151. The molecule has 0 fully saturated rings. The minimum Gasteiger partial charge on any atom is -0.396 e. The zero-order chi connectivity index (χ0) is 10.6. The van der Waals surface area contributed by atoms with Gasteiger partial charge in [-0.1, -0.05) is 12.1 Å². The number of aliphatic hydroxyl groups is 2. The summed E-state index contributed by atoms with van der Waals surface area (Å²) in [5, 5.41) is 18.2. The lowest BCUT2D eigenvalue weighted by atomic mass is 10.0. The second kappa shape index (κ2) is 5.08. The molecule has 1 rings (SSSR count). The van der Waals surface area contributed by atoms with E-state index in [2.05, 4.69) is 0 Å². The Morgan fingerprint density at radius 2 is 2.14 bits per heavy atom. The zero-order valence-electron chi connectivity index (χ0n) is 8.20. The summed E-state index contributed by atoms with van der Waals surface area (Å²) in [5.74, 6) is -0.300. The number of aryl methyl sites for hydroxylation is 1. The predicted molar refractivity (Wildman–Crippen MR) is 52.4 cm³/mol. The van der Waals surface area contributed by atoms with E-state index in [1.807, 2.05) is 0 Å². The van der Waals surface area contributed by atoms with Gasteiger partial charge in [-0.2, -0.15) is 0 Å². The van der Waals surface area contributed by atoms with Crippen molar-refractivity contribution >= 4 is 0 Å². The van der Waals surface area contributed by atoms with E-state index in [1.165, 1.54) is 6.07 Å². The second-order valence-corrected chi connectivity index (χ2v) is 3.39. The molecular weight excluding hydrogens is 183 g/mol. The molecule has 0 saturated heterocycles. The van der Waals surface area contributed by atoms with Gasteiger partial charge in [0.05, 0.1) is 6.10 Å². The Hall–Kier alpha value is -0.930. The summed E-state index contributed by atoms with van der Waals surface area (Å²) in [6.07, 6.45) is 0.299. The third-order valence-electron chi connectivity index (χ3n) is 2.22. The van der Waals surface area contributed by atoms with Crippen LogP contribution >= 0.6 is 0 Å². The van der Waals surface area contributed by atoms with E-state index in [-0.39, 0.29) is 12.4 Å². The molecule has 0 aromatic heterocycles. The summed E-state index contributed by atoms with van der Waals surface area (Å²) in [6, 6.07) is 4.70. The maximum atomic E-state index is 13.1. The molecule has 0 radical (unpaired) electrons. The SMILES string of the molecule is Cc1ccc(C(O)CCCO)cc1F. The van der Waals surface area contributed by atoms with Gasteiger partial charge in [-0.3, -0.25) is 0 Å². The molecule has 0 saturated carbocycles. The fraction of sp³-hybridized carbons (Fsp3) is 0.455. The molecule has 0 amide bonds. The maximum absolute atomic E-state index is 13.1. The van der Waals surface area contributed by atoms with Crippen LogP contribution in [0.15, 0.2) is 18.2 Å². The first-order valence-electron chi connectivity index (χ1n) is 4.70. The van der Waals surface area contributed by atoms with E-state index in [0.29, 0.717) is 24.0 Å². The van der Waals surface area contributed by atoms with Crippen LogP contribution in [0.25, 0.3) is 0 Å². The summed E-state index contributed by atoms with van der Waals surface area (Å²) in [7, 11) is 0. The van der Waals surface area contributed by atoms with Crippen LogP contribution in [-0.4, -0.2) is 16.8 Å². The van der Waals surface area contributed by atoms with Gasteiger partial charge in [0.2, 0.25) is 0 Å². The average Bonchev–Trinajstić information content (AvgIpc) is 2.18. The van der Waals surface area contributed by atoms with Gasteiger partial charge in [0.1, 0.15) is 5.82 Å². The Morgan fingerprint density at radius 1 is 1.43 bits per heavy atom. The number of benzene rings is 1. The van der Waals surface area contributed by atoms with Crippen LogP contribution in [0.2, 0.25) is 0 Å². The average molecular weight is 198 g/mol. The van der Waals surface area contributed by atoms with E-state index in [0.717, 1.165) is 0 Å². The molecule has 1 aromatic carbocycles. The van der Waals surface area contributed by atoms with Crippen molar-refractivity contribution in [2.45, 2.75) is 25.9 Å². The van der Waals surface area contributed by atoms with Crippen LogP contribution in [0.1, 0.15) is 30.1 Å². The van der Waals surface area contributed by atoms with Crippen LogP contribution in [0.3, 0.4) is 0 Å². The monoisotopic (exact) mass is 198 g/mol. The van der Waals surface area contributed by atoms with Crippen molar-refractivity contribution in [3.8, 4) is 0 Å². The molecule has 1 aromatic rings. The largest absolute Gasteiger partial charge is 0.396 e. The normalized spacial score (nSPS) is 12.9. The number of hydrogen-bond acceptors (Lipinski definition) is 2. The Labute approximate surface area is 83.0 Å². The third-order valence-corrected chi connectivity index (χ3v) is 2.22. The summed E-state index contributed by atoms with van der Waals surface area (Å²) < 4.78 is 13.1. The number of rotatable bonds is 4. The van der Waals surface area contributed by atoms with Crippen LogP contribution in [0.5, 0.6) is 0 Å². The predicted octanol–water partition coefficient (Wildman–Crippen LogP) is 1.94. The Kier molecular flexibility index (Phi) is 4.04. The summed E-state index contributed by atoms with van der Waals surface area (Å²) >= 11 is 0. The van der Waals surface area contributed by atoms with Gasteiger partial charge in [0, 0.05) is 6.61 Å². The smallest absolute Gasteiger partial charge is 0.126 e. The topological polar surface area (TPSA) is 40.5 Å². The summed E-state index contributed by atoms with van der Waals surface area (Å²) in [5.41, 5.74) is 1.14. The molecule has 0 aliphatic rings. The molecule has 1 unspecified atom stereocenters. The van der Waals surface area contributed by atoms with Gasteiger partial charge in [-0.25, -0.2) is 4.39 Å². The second-order valence-electron chi connectivity index (χ2n) is 3.39. The molecule has 2 nitrogen and oxygen atoms in total. The molecule has 1 atom stereocenters. The third kappa shape index (κ3) is 2.79. The molecule has 3 heteroatoms. The van der Waals surface area contributed by atoms with Gasteiger partial charge in [0.25, 0.3) is 0 Å². The fourth-order valence-electron chi connectivity index (χ4n) is 1.27. The van der Waals surface area contributed by atoms with E-state index >= 15 is 0 Å². The molecule has 0 aliphatic carbocycles. The van der Waals surface area contributed by atoms with Gasteiger partial charge in [-0.05, 0) is 37.0 Å². The van der Waals surface area contributed by atoms with Gasteiger partial charge in [-0.15, -0.1) is 0 Å². The summed E-state index contributed by atoms with van der Waals surface area (Å²) in [4.78, 5) is 0. The van der Waals surface area contributed by atoms with Gasteiger partial charge < -0.3 is 10.2 Å². The van der Waals surface area contributed by atoms with Crippen LogP contribution in [0.4, 0.5) is 4.39 Å². The molecule has 0 aliphatic heterocycles. The molecular formula is C11H15FO2. The Balaban J connectivity index is 2.70. The first-order chi connectivity index (χ1) is 6.65. The van der Waals surface area contributed by atoms with Crippen molar-refractivity contribution in [3.63, 3.8) is 0 Å². The highest BCUT2D eigenvalue weighted by molar-refractivity contribution is 5.24. The first kappa shape index (κ1) is 11.1. The van der Waals surface area contributed by atoms with Crippen LogP contribution in [0, 0.1) is 12.7 Å². The van der Waals surface area contributed by atoms with Crippen molar-refractivity contribution in [3.05, 3.63) is 35.1 Å². The van der Waals surface area contributed by atoms with Crippen molar-refractivity contribution in [1.29, 1.82) is 0 Å². The van der Waals surface area contributed by atoms with Crippen LogP contribution < -0.4 is 0 Å². The first-order valence-corrected chi connectivity index (χ1v) is 4.70. The number of halogens is 1. The molecule has 0 heterocycles. The van der Waals surface area contributed by atoms with E-state index in [9.17, 15) is 9.50 Å². The minimum absolute atomic E-state index is 0.0470. The van der Waals surface area contributed by atoms with E-state index in [4.69, 9.17) is 5.11 Å². The molecule has 2 N–H and O–H groups in total. The summed E-state index contributed by atoms with van der Waals surface area (Å²) in [6.45, 7) is 1.73. The fourth-order valence-corrected chi connectivity index (χ4v) is 1.27. The highest BCUT2D eigenvalue weighted by Crippen LogP contribution is 2.20. The maximum Gasteiger partial charge on any atom is 0.126 e. The lowest BCUT2D eigenvalue weighted by Crippen LogP contribution is -2.00. The van der Waals surface area contributed by atoms with Crippen molar-refractivity contribution in [1.82, 2.24) is 0 Å². The van der Waals surface area contributed by atoms with Crippen molar-refractivity contribution in [2.24, 2.45) is 0 Å². The highest BCUT2D eigenvalue weighted by Gasteiger charge is 2.08. The van der Waals surface area contributed by atoms with Gasteiger partial charge in [0.15, 0.2) is 0 Å². The number of aliphatic hydroxyl groups excluding tert-OH is 2. The quantitative estimate of drug-likeness (QED) is 0.776. The molecule has 0 spiro atoms. The minimum atomic E-state index is -0.683. The lowest BCUT2D eigenvalue weighted by Gasteiger charge is -2.10. The standard InChI is InChI=1S/C11H15FO2/c1-8-4-5-9(7-10(8)12)11(14)3-2-6-13/h4-5,7,11,13-14H,2-3,6H2,1H3. The molecule has 78 valence electrons. The highest BCUT2D eigenvalue weighted by atomic mass is 19.1. The number of hydrogen-bond donors (Lipinski definition) is 2. The molecule has 14 heavy (non-hydrogen) atoms. The zero-order valence-corrected chi connectivity index (χ0v) is 8.20.